The maximum absolute atomic E-state index is 7.24. The van der Waals surface area contributed by atoms with E-state index in [1.807, 2.05) is 0 Å². The summed E-state index contributed by atoms with van der Waals surface area (Å²) in [6.07, 6.45) is 4.73. The van der Waals surface area contributed by atoms with Crippen LogP contribution in [0, 0.1) is 6.92 Å². The van der Waals surface area contributed by atoms with Crippen LogP contribution in [0.3, 0.4) is 0 Å². The highest BCUT2D eigenvalue weighted by Crippen LogP contribution is 2.53. The van der Waals surface area contributed by atoms with Crippen molar-refractivity contribution in [3.8, 4) is 0 Å². The number of hydrogen-bond acceptors (Lipinski definition) is 3. The Morgan fingerprint density at radius 2 is 1.03 bits per heavy atom. The first-order valence-electron chi connectivity index (χ1n) is 24.6. The van der Waals surface area contributed by atoms with Gasteiger partial charge in [0.25, 0.3) is 6.71 Å². The van der Waals surface area contributed by atoms with Crippen LogP contribution in [0.15, 0.2) is 101 Å². The van der Waals surface area contributed by atoms with E-state index in [4.69, 9.17) is 4.42 Å². The second-order valence-corrected chi connectivity index (χ2v) is 25.3. The summed E-state index contributed by atoms with van der Waals surface area (Å²) in [6.45, 7) is 36.0. The minimum absolute atomic E-state index is 0.0358. The predicted molar refractivity (Wildman–Crippen MR) is 280 cm³/mol. The molecule has 11 rings (SSSR count). The fourth-order valence-corrected chi connectivity index (χ4v) is 12.5. The van der Waals surface area contributed by atoms with Crippen molar-refractivity contribution in [2.24, 2.45) is 0 Å². The number of fused-ring (bicyclic) bond motifs is 9. The average Bonchev–Trinajstić information content (AvgIpc) is 3.62. The minimum atomic E-state index is -0.0722. The van der Waals surface area contributed by atoms with Gasteiger partial charge in [0.05, 0.1) is 5.69 Å². The Morgan fingerprint density at radius 1 is 0.477 bits per heavy atom. The quantitative estimate of drug-likeness (QED) is 0.162. The molecule has 0 unspecified atom stereocenters. The number of nitrogens with zero attached hydrogens (tertiary/aromatic N) is 2. The van der Waals surface area contributed by atoms with Gasteiger partial charge in [-0.15, -0.1) is 0 Å². The van der Waals surface area contributed by atoms with E-state index in [0.29, 0.717) is 0 Å². The van der Waals surface area contributed by atoms with Crippen LogP contribution >= 0.6 is 0 Å². The summed E-state index contributed by atoms with van der Waals surface area (Å²) >= 11 is 0. The Bertz CT molecular complexity index is 3160. The molecule has 0 bridgehead atoms. The Labute approximate surface area is 389 Å². The summed E-state index contributed by atoms with van der Waals surface area (Å²) in [5.74, 6) is 0. The highest BCUT2D eigenvalue weighted by Gasteiger charge is 2.48. The van der Waals surface area contributed by atoms with E-state index in [-0.39, 0.29) is 39.2 Å². The molecule has 332 valence electrons. The monoisotopic (exact) mass is 857 g/mol. The summed E-state index contributed by atoms with van der Waals surface area (Å²) in [5, 5.41) is 2.33. The van der Waals surface area contributed by atoms with E-state index in [2.05, 4.69) is 211 Å². The zero-order valence-corrected chi connectivity index (χ0v) is 41.9. The van der Waals surface area contributed by atoms with Gasteiger partial charge in [-0.25, -0.2) is 0 Å². The van der Waals surface area contributed by atoms with Gasteiger partial charge in [-0.1, -0.05) is 152 Å². The number of hydrogen-bond donors (Lipinski definition) is 0. The lowest BCUT2D eigenvalue weighted by Gasteiger charge is -2.48. The number of rotatable bonds is 2. The standard InChI is InChI=1S/C61H69BN2O/c1-36-30-51-53-52(31-36)64(48-21-17-19-40-39-18-16-20-42(57(5,6)7)54(39)65-55(40)48)49-32-37(56(2,3)4)22-25-46(49)62(53)47-34-44-45(61(14,15)29-28-60(44,12)13)35-50(47)63(51)38-23-24-41-43(33-38)59(10,11)27-26-58(41,8)9/h16-25,30-35H,26-29H2,1-15H3. The van der Waals surface area contributed by atoms with Gasteiger partial charge in [0.15, 0.2) is 5.58 Å². The van der Waals surface area contributed by atoms with Crippen molar-refractivity contribution in [3.63, 3.8) is 0 Å². The molecule has 1 aromatic heterocycles. The smallest absolute Gasteiger partial charge is 0.252 e. The van der Waals surface area contributed by atoms with Crippen LogP contribution in [-0.4, -0.2) is 6.71 Å². The van der Waals surface area contributed by atoms with Crippen LogP contribution in [-0.2, 0) is 32.5 Å². The molecule has 65 heavy (non-hydrogen) atoms. The van der Waals surface area contributed by atoms with E-state index >= 15 is 0 Å². The van der Waals surface area contributed by atoms with E-state index < -0.39 is 0 Å². The van der Waals surface area contributed by atoms with Crippen molar-refractivity contribution in [3.05, 3.63) is 136 Å². The lowest BCUT2D eigenvalue weighted by Crippen LogP contribution is -2.62. The third kappa shape index (κ3) is 6.20. The second-order valence-electron chi connectivity index (χ2n) is 25.3. The first-order chi connectivity index (χ1) is 30.4. The van der Waals surface area contributed by atoms with Crippen LogP contribution in [0.1, 0.15) is 162 Å². The third-order valence-electron chi connectivity index (χ3n) is 16.7. The minimum Gasteiger partial charge on any atom is -0.454 e. The Balaban J connectivity index is 1.26. The molecule has 0 atom stereocenters. The Kier molecular flexibility index (Phi) is 8.78. The fourth-order valence-electron chi connectivity index (χ4n) is 12.5. The summed E-state index contributed by atoms with van der Waals surface area (Å²) in [7, 11) is 0. The van der Waals surface area contributed by atoms with E-state index in [1.165, 1.54) is 115 Å². The second kappa shape index (κ2) is 13.5. The summed E-state index contributed by atoms with van der Waals surface area (Å²) in [6, 6.07) is 38.7. The van der Waals surface area contributed by atoms with Gasteiger partial charge in [0.2, 0.25) is 0 Å². The maximum atomic E-state index is 7.24. The van der Waals surface area contributed by atoms with Crippen molar-refractivity contribution in [1.82, 2.24) is 0 Å². The molecule has 0 radical (unpaired) electrons. The summed E-state index contributed by atoms with van der Waals surface area (Å²) in [5.41, 5.74) is 23.5. The van der Waals surface area contributed by atoms with Gasteiger partial charge >= 0.3 is 0 Å². The molecule has 4 aliphatic rings. The van der Waals surface area contributed by atoms with Crippen LogP contribution in [0.25, 0.3) is 21.9 Å². The molecule has 7 aromatic rings. The maximum Gasteiger partial charge on any atom is 0.252 e. The largest absolute Gasteiger partial charge is 0.454 e. The number of furan rings is 1. The predicted octanol–water partition coefficient (Wildman–Crippen LogP) is 15.3. The lowest BCUT2D eigenvalue weighted by molar-refractivity contribution is 0.332. The van der Waals surface area contributed by atoms with E-state index in [1.54, 1.807) is 0 Å². The molecule has 3 heterocycles. The van der Waals surface area contributed by atoms with Crippen LogP contribution in [0.2, 0.25) is 0 Å². The van der Waals surface area contributed by atoms with Gasteiger partial charge in [-0.2, -0.15) is 0 Å². The van der Waals surface area contributed by atoms with Gasteiger partial charge in [0.1, 0.15) is 5.58 Å². The molecule has 0 saturated carbocycles. The lowest BCUT2D eigenvalue weighted by atomic mass is 9.33. The van der Waals surface area contributed by atoms with Crippen molar-refractivity contribution in [2.75, 3.05) is 9.80 Å². The average molecular weight is 857 g/mol. The topological polar surface area (TPSA) is 19.6 Å². The fraction of sp³-hybridized carbons (Fsp3) is 0.410. The van der Waals surface area contributed by atoms with Gasteiger partial charge in [0, 0.05) is 44.8 Å². The van der Waals surface area contributed by atoms with Crippen molar-refractivity contribution in [2.45, 2.75) is 162 Å². The van der Waals surface area contributed by atoms with Crippen molar-refractivity contribution in [1.29, 1.82) is 0 Å². The number of aryl methyl sites for hydroxylation is 1. The molecular formula is C61H69BN2O. The highest BCUT2D eigenvalue weighted by atomic mass is 16.3. The molecule has 0 saturated heterocycles. The summed E-state index contributed by atoms with van der Waals surface area (Å²) in [4.78, 5) is 5.26. The molecule has 2 aliphatic carbocycles. The zero-order chi connectivity index (χ0) is 46.1. The molecule has 0 N–H and O–H groups in total. The van der Waals surface area contributed by atoms with Gasteiger partial charge < -0.3 is 14.2 Å². The number of para-hydroxylation sites is 2. The van der Waals surface area contributed by atoms with Crippen LogP contribution in [0.5, 0.6) is 0 Å². The summed E-state index contributed by atoms with van der Waals surface area (Å²) < 4.78 is 7.24. The van der Waals surface area contributed by atoms with Gasteiger partial charge in [-0.3, -0.25) is 0 Å². The normalized spacial score (nSPS) is 18.8. The Morgan fingerprint density at radius 3 is 1.66 bits per heavy atom. The van der Waals surface area contributed by atoms with Gasteiger partial charge in [-0.05, 0) is 157 Å². The van der Waals surface area contributed by atoms with Crippen LogP contribution < -0.4 is 26.2 Å². The third-order valence-corrected chi connectivity index (χ3v) is 16.7. The first kappa shape index (κ1) is 42.4. The Hall–Kier alpha value is -5.22. The highest BCUT2D eigenvalue weighted by molar-refractivity contribution is 7.00. The molecule has 4 heteroatoms. The van der Waals surface area contributed by atoms with Crippen LogP contribution in [0.4, 0.5) is 34.1 Å². The zero-order valence-electron chi connectivity index (χ0n) is 41.9. The SMILES string of the molecule is Cc1cc2c3c(c1)N(c1cccc4c1oc1c(C(C)(C)C)cccc14)c1cc(C(C)(C)C)ccc1B3c1cc3c(cc1N2c1ccc2c(c1)C(C)(C)CCC2(C)C)C(C)(C)CCC3(C)C. The van der Waals surface area contributed by atoms with Crippen molar-refractivity contribution >= 4 is 79.2 Å². The molecule has 0 amide bonds. The number of benzene rings is 6. The van der Waals surface area contributed by atoms with E-state index in [9.17, 15) is 0 Å². The molecule has 6 aromatic carbocycles. The molecule has 3 nitrogen and oxygen atoms in total. The van der Waals surface area contributed by atoms with E-state index in [0.717, 1.165) is 22.2 Å². The molecule has 0 spiro atoms. The first-order valence-corrected chi connectivity index (χ1v) is 24.6. The molecule has 0 fully saturated rings. The molecule has 2 aliphatic heterocycles. The number of anilines is 6. The molecular weight excluding hydrogens is 787 g/mol. The van der Waals surface area contributed by atoms with Crippen molar-refractivity contribution < 1.29 is 4.42 Å².